The van der Waals surface area contributed by atoms with Gasteiger partial charge in [0.15, 0.2) is 0 Å². The van der Waals surface area contributed by atoms with Crippen LogP contribution < -0.4 is 20.2 Å². The van der Waals surface area contributed by atoms with E-state index in [0.29, 0.717) is 23.6 Å². The van der Waals surface area contributed by atoms with Gasteiger partial charge < -0.3 is 14.8 Å². The summed E-state index contributed by atoms with van der Waals surface area (Å²) in [6, 6.07) is 20.0. The van der Waals surface area contributed by atoms with Crippen LogP contribution in [0.15, 0.2) is 65.8 Å². The molecule has 0 spiro atoms. The van der Waals surface area contributed by atoms with Crippen LogP contribution in [0.3, 0.4) is 0 Å². The SMILES string of the molecule is COc1ccccc1NC(=O)CC(=O)NN=Cc1cc(I)c(OCc2ccc(C#N)cc2)c(I)c1. The maximum Gasteiger partial charge on any atom is 0.249 e. The number of para-hydroxylation sites is 2. The van der Waals surface area contributed by atoms with Gasteiger partial charge in [-0.15, -0.1) is 0 Å². The molecule has 0 atom stereocenters. The zero-order chi connectivity index (χ0) is 25.2. The molecule has 8 nitrogen and oxygen atoms in total. The van der Waals surface area contributed by atoms with Gasteiger partial charge in [-0.25, -0.2) is 5.43 Å². The Bertz CT molecular complexity index is 1260. The third-order valence-electron chi connectivity index (χ3n) is 4.59. The number of methoxy groups -OCH3 is 1. The van der Waals surface area contributed by atoms with Crippen LogP contribution in [0.25, 0.3) is 0 Å². The minimum absolute atomic E-state index is 0.373. The smallest absolute Gasteiger partial charge is 0.249 e. The van der Waals surface area contributed by atoms with Crippen LogP contribution in [0.5, 0.6) is 11.5 Å². The van der Waals surface area contributed by atoms with Crippen molar-refractivity contribution in [3.8, 4) is 17.6 Å². The Hall–Kier alpha value is -3.18. The lowest BCUT2D eigenvalue weighted by Crippen LogP contribution is -2.24. The first-order chi connectivity index (χ1) is 16.9. The summed E-state index contributed by atoms with van der Waals surface area (Å²) in [5.74, 6) is 0.230. The molecule has 0 aliphatic carbocycles. The molecule has 0 saturated carbocycles. The monoisotopic (exact) mass is 694 g/mol. The number of benzene rings is 3. The van der Waals surface area contributed by atoms with Crippen molar-refractivity contribution in [2.24, 2.45) is 5.10 Å². The molecule has 0 saturated heterocycles. The van der Waals surface area contributed by atoms with E-state index in [-0.39, 0.29) is 6.42 Å². The molecule has 2 N–H and O–H groups in total. The Morgan fingerprint density at radius 1 is 1.06 bits per heavy atom. The number of nitrogens with one attached hydrogen (secondary N) is 2. The second kappa shape index (κ2) is 13.1. The minimum atomic E-state index is -0.541. The third kappa shape index (κ3) is 7.93. The quantitative estimate of drug-likeness (QED) is 0.144. The predicted octanol–water partition coefficient (Wildman–Crippen LogP) is 4.83. The molecular weight excluding hydrogens is 674 g/mol. The van der Waals surface area contributed by atoms with E-state index in [4.69, 9.17) is 14.7 Å². The molecule has 0 radical (unpaired) electrons. The average molecular weight is 694 g/mol. The number of carbonyl (C=O) groups excluding carboxylic acids is 2. The number of ether oxygens (including phenoxy) is 2. The van der Waals surface area contributed by atoms with Crippen LogP contribution in [0, 0.1) is 18.5 Å². The van der Waals surface area contributed by atoms with Gasteiger partial charge in [0.05, 0.1) is 37.8 Å². The molecule has 0 aromatic heterocycles. The van der Waals surface area contributed by atoms with E-state index in [2.05, 4.69) is 67.1 Å². The summed E-state index contributed by atoms with van der Waals surface area (Å²) in [4.78, 5) is 24.2. The Morgan fingerprint density at radius 2 is 1.74 bits per heavy atom. The summed E-state index contributed by atoms with van der Waals surface area (Å²) >= 11 is 4.36. The Morgan fingerprint density at radius 3 is 2.40 bits per heavy atom. The highest BCUT2D eigenvalue weighted by Gasteiger charge is 2.12. The molecule has 3 aromatic rings. The number of amides is 2. The second-order valence-corrected chi connectivity index (χ2v) is 9.45. The van der Waals surface area contributed by atoms with Crippen molar-refractivity contribution in [3.63, 3.8) is 0 Å². The highest BCUT2D eigenvalue weighted by molar-refractivity contribution is 14.1. The lowest BCUT2D eigenvalue weighted by Gasteiger charge is -2.11. The van der Waals surface area contributed by atoms with Gasteiger partial charge in [-0.2, -0.15) is 10.4 Å². The average Bonchev–Trinajstić information content (AvgIpc) is 2.84. The zero-order valence-corrected chi connectivity index (χ0v) is 22.9. The fourth-order valence-electron chi connectivity index (χ4n) is 2.93. The second-order valence-electron chi connectivity index (χ2n) is 7.13. The molecule has 0 heterocycles. The van der Waals surface area contributed by atoms with Crippen LogP contribution in [0.4, 0.5) is 5.69 Å². The molecule has 0 fully saturated rings. The number of halogens is 2. The van der Waals surface area contributed by atoms with Crippen LogP contribution in [-0.4, -0.2) is 25.1 Å². The van der Waals surface area contributed by atoms with Gasteiger partial charge in [0.1, 0.15) is 24.5 Å². The number of rotatable bonds is 9. The number of nitrogens with zero attached hydrogens (tertiary/aromatic N) is 2. The third-order valence-corrected chi connectivity index (χ3v) is 6.19. The summed E-state index contributed by atoms with van der Waals surface area (Å²) in [5.41, 5.74) is 5.18. The van der Waals surface area contributed by atoms with Crippen molar-refractivity contribution < 1.29 is 19.1 Å². The first-order valence-corrected chi connectivity index (χ1v) is 12.4. The molecular formula is C25H20I2N4O4. The van der Waals surface area contributed by atoms with E-state index in [9.17, 15) is 9.59 Å². The van der Waals surface area contributed by atoms with Gasteiger partial charge in [0.25, 0.3) is 0 Å². The van der Waals surface area contributed by atoms with Crippen LogP contribution in [0.1, 0.15) is 23.1 Å². The van der Waals surface area contributed by atoms with Crippen LogP contribution in [-0.2, 0) is 16.2 Å². The van der Waals surface area contributed by atoms with Crippen LogP contribution >= 0.6 is 45.2 Å². The molecule has 3 rings (SSSR count). The van der Waals surface area contributed by atoms with Crippen molar-refractivity contribution in [2.45, 2.75) is 13.0 Å². The predicted molar refractivity (Wildman–Crippen MR) is 149 cm³/mol. The first kappa shape index (κ1) is 26.4. The van der Waals surface area contributed by atoms with Gasteiger partial charge in [0.2, 0.25) is 11.8 Å². The van der Waals surface area contributed by atoms with Gasteiger partial charge in [-0.1, -0.05) is 24.3 Å². The normalized spacial score (nSPS) is 10.5. The van der Waals surface area contributed by atoms with Crippen molar-refractivity contribution in [1.82, 2.24) is 5.43 Å². The van der Waals surface area contributed by atoms with E-state index < -0.39 is 11.8 Å². The summed E-state index contributed by atoms with van der Waals surface area (Å²) in [7, 11) is 1.50. The standard InChI is InChI=1S/C25H20I2N4O4/c1-34-22-5-3-2-4-21(22)30-23(32)12-24(33)31-29-14-18-10-19(26)25(20(27)11-18)35-15-17-8-6-16(13-28)7-9-17/h2-11,14H,12,15H2,1H3,(H,30,32)(H,31,33). The molecule has 0 aliphatic heterocycles. The summed E-state index contributed by atoms with van der Waals surface area (Å²) < 4.78 is 12.9. The number of anilines is 1. The van der Waals surface area contributed by atoms with E-state index in [0.717, 1.165) is 24.0 Å². The highest BCUT2D eigenvalue weighted by Crippen LogP contribution is 2.29. The Labute approximate surface area is 230 Å². The lowest BCUT2D eigenvalue weighted by atomic mass is 10.1. The van der Waals surface area contributed by atoms with Crippen molar-refractivity contribution >= 4 is 68.9 Å². The molecule has 2 amide bonds. The number of nitriles is 1. The number of hydrogen-bond acceptors (Lipinski definition) is 6. The molecule has 0 aliphatic rings. The zero-order valence-electron chi connectivity index (χ0n) is 18.5. The number of hydrogen-bond donors (Lipinski definition) is 2. The maximum absolute atomic E-state index is 12.1. The van der Waals surface area contributed by atoms with E-state index in [1.54, 1.807) is 36.4 Å². The molecule has 10 heteroatoms. The molecule has 0 unspecified atom stereocenters. The van der Waals surface area contributed by atoms with Gasteiger partial charge >= 0.3 is 0 Å². The number of hydrazone groups is 1. The fourth-order valence-corrected chi connectivity index (χ4v) is 5.06. The highest BCUT2D eigenvalue weighted by atomic mass is 127. The lowest BCUT2D eigenvalue weighted by molar-refractivity contribution is -0.126. The van der Waals surface area contributed by atoms with E-state index >= 15 is 0 Å². The summed E-state index contributed by atoms with van der Waals surface area (Å²) in [6.45, 7) is 0.373. The van der Waals surface area contributed by atoms with Gasteiger partial charge in [-0.3, -0.25) is 9.59 Å². The maximum atomic E-state index is 12.1. The fraction of sp³-hybridized carbons (Fsp3) is 0.120. The van der Waals surface area contributed by atoms with E-state index in [1.165, 1.54) is 13.3 Å². The first-order valence-electron chi connectivity index (χ1n) is 10.2. The Balaban J connectivity index is 1.53. The minimum Gasteiger partial charge on any atom is -0.495 e. The molecule has 35 heavy (non-hydrogen) atoms. The van der Waals surface area contributed by atoms with Crippen molar-refractivity contribution in [3.05, 3.63) is 84.5 Å². The van der Waals surface area contributed by atoms with Crippen molar-refractivity contribution in [2.75, 3.05) is 12.4 Å². The molecule has 178 valence electrons. The van der Waals surface area contributed by atoms with Gasteiger partial charge in [-0.05, 0) is 92.7 Å². The Kier molecular flexibility index (Phi) is 9.86. The number of carbonyl (C=O) groups is 2. The van der Waals surface area contributed by atoms with Crippen LogP contribution in [0.2, 0.25) is 0 Å². The van der Waals surface area contributed by atoms with Crippen molar-refractivity contribution in [1.29, 1.82) is 5.26 Å². The topological polar surface area (TPSA) is 113 Å². The van der Waals surface area contributed by atoms with Gasteiger partial charge in [0, 0.05) is 0 Å². The summed E-state index contributed by atoms with van der Waals surface area (Å²) in [6.07, 6.45) is 1.12. The molecule has 0 bridgehead atoms. The molecule has 3 aromatic carbocycles. The van der Waals surface area contributed by atoms with E-state index in [1.807, 2.05) is 24.3 Å². The summed E-state index contributed by atoms with van der Waals surface area (Å²) in [5, 5.41) is 15.5. The largest absolute Gasteiger partial charge is 0.495 e.